The number of nitrogens with zero attached hydrogens (tertiary/aromatic N) is 2. The fourth-order valence-corrected chi connectivity index (χ4v) is 2.60. The zero-order chi connectivity index (χ0) is 16.4. The zero-order valence-electron chi connectivity index (χ0n) is 12.8. The highest BCUT2D eigenvalue weighted by atomic mass is 32.2. The Balaban J connectivity index is 1.83. The summed E-state index contributed by atoms with van der Waals surface area (Å²) in [6.45, 7) is 0.232. The van der Waals surface area contributed by atoms with Gasteiger partial charge in [-0.05, 0) is 42.0 Å². The van der Waals surface area contributed by atoms with Crippen LogP contribution in [0, 0.1) is 0 Å². The topological polar surface area (TPSA) is 68.2 Å². The lowest BCUT2D eigenvalue weighted by Crippen LogP contribution is -2.24. The van der Waals surface area contributed by atoms with Crippen molar-refractivity contribution in [3.05, 3.63) is 48.0 Å². The molecule has 1 aliphatic rings. The van der Waals surface area contributed by atoms with Crippen LogP contribution in [-0.4, -0.2) is 34.7 Å². The molecule has 0 radical (unpaired) electrons. The van der Waals surface area contributed by atoms with Crippen LogP contribution in [0.5, 0.6) is 11.5 Å². The summed E-state index contributed by atoms with van der Waals surface area (Å²) < 4.78 is 35.0. The van der Waals surface area contributed by atoms with Crippen molar-refractivity contribution < 1.29 is 17.9 Å². The Morgan fingerprint density at radius 1 is 1.13 bits per heavy atom. The molecule has 23 heavy (non-hydrogen) atoms. The molecule has 6 nitrogen and oxygen atoms in total. The number of anilines is 1. The second-order valence-corrected chi connectivity index (χ2v) is 7.14. The fraction of sp³-hybridized carbons (Fsp3) is 0.188. The lowest BCUT2D eigenvalue weighted by molar-refractivity contribution is 0.174. The van der Waals surface area contributed by atoms with E-state index in [4.69, 9.17) is 9.47 Å². The second-order valence-electron chi connectivity index (χ2n) is 5.12. The summed E-state index contributed by atoms with van der Waals surface area (Å²) >= 11 is 0. The van der Waals surface area contributed by atoms with Gasteiger partial charge in [-0.3, -0.25) is 9.30 Å². The van der Waals surface area contributed by atoms with Crippen LogP contribution in [0.3, 0.4) is 0 Å². The number of aliphatic imine (C=N–C) groups is 1. The van der Waals surface area contributed by atoms with Crippen LogP contribution in [0.2, 0.25) is 0 Å². The van der Waals surface area contributed by atoms with Gasteiger partial charge in [-0.1, -0.05) is 6.07 Å². The van der Waals surface area contributed by atoms with Crippen molar-refractivity contribution in [2.24, 2.45) is 4.99 Å². The van der Waals surface area contributed by atoms with Gasteiger partial charge in [0.1, 0.15) is 0 Å². The quantitative estimate of drug-likeness (QED) is 0.807. The van der Waals surface area contributed by atoms with Crippen molar-refractivity contribution in [1.82, 2.24) is 0 Å². The summed E-state index contributed by atoms with van der Waals surface area (Å²) in [6.07, 6.45) is 2.86. The molecule has 0 aliphatic carbocycles. The Morgan fingerprint density at radius 2 is 1.91 bits per heavy atom. The average Bonchev–Trinajstić information content (AvgIpc) is 2.99. The summed E-state index contributed by atoms with van der Waals surface area (Å²) in [5.41, 5.74) is 2.10. The van der Waals surface area contributed by atoms with E-state index in [1.807, 2.05) is 24.3 Å². The summed E-state index contributed by atoms with van der Waals surface area (Å²) in [7, 11) is -1.79. The number of sulfonamides is 1. The molecule has 2 aromatic rings. The maximum absolute atomic E-state index is 11.6. The van der Waals surface area contributed by atoms with Crippen LogP contribution in [0.4, 0.5) is 11.4 Å². The van der Waals surface area contributed by atoms with Gasteiger partial charge in [-0.25, -0.2) is 8.42 Å². The third-order valence-corrected chi connectivity index (χ3v) is 4.66. The molecular weight excluding hydrogens is 316 g/mol. The van der Waals surface area contributed by atoms with Crippen molar-refractivity contribution in [3.8, 4) is 11.5 Å². The van der Waals surface area contributed by atoms with Gasteiger partial charge in [0.2, 0.25) is 16.8 Å². The minimum Gasteiger partial charge on any atom is -0.454 e. The maximum Gasteiger partial charge on any atom is 0.231 e. The van der Waals surface area contributed by atoms with Gasteiger partial charge in [0.15, 0.2) is 11.5 Å². The molecule has 0 atom stereocenters. The summed E-state index contributed by atoms with van der Waals surface area (Å²) in [4.78, 5) is 4.38. The zero-order valence-corrected chi connectivity index (χ0v) is 13.6. The van der Waals surface area contributed by atoms with Gasteiger partial charge >= 0.3 is 0 Å². The van der Waals surface area contributed by atoms with Crippen LogP contribution in [0.15, 0.2) is 47.5 Å². The Bertz CT molecular complexity index is 862. The monoisotopic (exact) mass is 332 g/mol. The molecule has 0 unspecified atom stereocenters. The van der Waals surface area contributed by atoms with E-state index < -0.39 is 10.0 Å². The standard InChI is InChI=1S/C16H16N2O4S/c1-18(23(2,19)20)14-5-3-4-13(9-14)17-10-12-6-7-15-16(8-12)22-11-21-15/h3-10H,11H2,1-2H3. The van der Waals surface area contributed by atoms with E-state index >= 15 is 0 Å². The first-order chi connectivity index (χ1) is 10.9. The minimum absolute atomic E-state index is 0.232. The van der Waals surface area contributed by atoms with Crippen LogP contribution < -0.4 is 13.8 Å². The second kappa shape index (κ2) is 5.92. The van der Waals surface area contributed by atoms with Crippen LogP contribution in [0.1, 0.15) is 5.56 Å². The normalized spacial score (nSPS) is 13.5. The third-order valence-electron chi connectivity index (χ3n) is 3.45. The lowest BCUT2D eigenvalue weighted by Gasteiger charge is -2.16. The van der Waals surface area contributed by atoms with Crippen LogP contribution in [0.25, 0.3) is 0 Å². The highest BCUT2D eigenvalue weighted by Crippen LogP contribution is 2.32. The Kier molecular flexibility index (Phi) is 3.96. The molecule has 2 aromatic carbocycles. The number of rotatable bonds is 4. The Morgan fingerprint density at radius 3 is 2.70 bits per heavy atom. The summed E-state index contributed by atoms with van der Waals surface area (Å²) in [5, 5.41) is 0. The number of benzene rings is 2. The van der Waals surface area contributed by atoms with E-state index in [9.17, 15) is 8.42 Å². The first kappa shape index (κ1) is 15.4. The van der Waals surface area contributed by atoms with Crippen LogP contribution >= 0.6 is 0 Å². The van der Waals surface area contributed by atoms with E-state index in [0.717, 1.165) is 17.6 Å². The largest absolute Gasteiger partial charge is 0.454 e. The van der Waals surface area contributed by atoms with E-state index in [2.05, 4.69) is 4.99 Å². The predicted octanol–water partition coefficient (Wildman–Crippen LogP) is 2.56. The van der Waals surface area contributed by atoms with Crippen LogP contribution in [-0.2, 0) is 10.0 Å². The molecule has 0 fully saturated rings. The molecule has 120 valence electrons. The van der Waals surface area contributed by atoms with Crippen molar-refractivity contribution in [1.29, 1.82) is 0 Å². The van der Waals surface area contributed by atoms with Gasteiger partial charge in [-0.15, -0.1) is 0 Å². The summed E-state index contributed by atoms with van der Waals surface area (Å²) in [5.74, 6) is 1.42. The highest BCUT2D eigenvalue weighted by molar-refractivity contribution is 7.92. The van der Waals surface area contributed by atoms with Crippen molar-refractivity contribution in [3.63, 3.8) is 0 Å². The van der Waals surface area contributed by atoms with E-state index in [0.29, 0.717) is 17.1 Å². The average molecular weight is 332 g/mol. The van der Waals surface area contributed by atoms with Gasteiger partial charge in [-0.2, -0.15) is 0 Å². The predicted molar refractivity (Wildman–Crippen MR) is 89.5 cm³/mol. The molecule has 3 rings (SSSR count). The number of hydrogen-bond donors (Lipinski definition) is 0. The van der Waals surface area contributed by atoms with Gasteiger partial charge in [0.05, 0.1) is 17.6 Å². The van der Waals surface area contributed by atoms with Crippen molar-refractivity contribution in [2.45, 2.75) is 0 Å². The van der Waals surface area contributed by atoms with Crippen molar-refractivity contribution in [2.75, 3.05) is 24.4 Å². The van der Waals surface area contributed by atoms with Gasteiger partial charge in [0, 0.05) is 13.3 Å². The highest BCUT2D eigenvalue weighted by Gasteiger charge is 2.13. The molecule has 0 amide bonds. The number of ether oxygens (including phenoxy) is 2. The first-order valence-electron chi connectivity index (χ1n) is 6.91. The fourth-order valence-electron chi connectivity index (χ4n) is 2.10. The Hall–Kier alpha value is -2.54. The number of fused-ring (bicyclic) bond motifs is 1. The molecular formula is C16H16N2O4S. The molecule has 0 saturated carbocycles. The maximum atomic E-state index is 11.6. The SMILES string of the molecule is CN(c1cccc(N=Cc2ccc3c(c2)OCO3)c1)S(C)(=O)=O. The van der Waals surface area contributed by atoms with Gasteiger partial charge < -0.3 is 9.47 Å². The lowest BCUT2D eigenvalue weighted by atomic mass is 10.2. The Labute approximate surface area is 135 Å². The summed E-state index contributed by atoms with van der Waals surface area (Å²) in [6, 6.07) is 12.6. The van der Waals surface area contributed by atoms with Crippen molar-refractivity contribution >= 4 is 27.6 Å². The molecule has 1 heterocycles. The molecule has 0 saturated heterocycles. The van der Waals surface area contributed by atoms with Gasteiger partial charge in [0.25, 0.3) is 0 Å². The smallest absolute Gasteiger partial charge is 0.231 e. The molecule has 0 bridgehead atoms. The van der Waals surface area contributed by atoms with E-state index in [1.54, 1.807) is 24.4 Å². The van der Waals surface area contributed by atoms with E-state index in [1.165, 1.54) is 11.4 Å². The molecule has 0 spiro atoms. The van der Waals surface area contributed by atoms with E-state index in [-0.39, 0.29) is 6.79 Å². The third kappa shape index (κ3) is 3.45. The molecule has 0 N–H and O–H groups in total. The molecule has 7 heteroatoms. The minimum atomic E-state index is -3.30. The molecule has 1 aliphatic heterocycles. The molecule has 0 aromatic heterocycles. The number of hydrogen-bond acceptors (Lipinski definition) is 5. The first-order valence-corrected chi connectivity index (χ1v) is 8.76.